The molecule has 0 saturated carbocycles. The third-order valence-corrected chi connectivity index (χ3v) is 7.00. The van der Waals surface area contributed by atoms with Gasteiger partial charge in [0.25, 0.3) is 0 Å². The number of carbonyl (C=O) groups is 1. The molecule has 5 nitrogen and oxygen atoms in total. The molecule has 0 aromatic heterocycles. The van der Waals surface area contributed by atoms with Gasteiger partial charge in [-0.3, -0.25) is 9.69 Å². The summed E-state index contributed by atoms with van der Waals surface area (Å²) >= 11 is 0. The number of benzene rings is 4. The number of likely N-dealkylation sites (tertiary alicyclic amines) is 1. The van der Waals surface area contributed by atoms with Crippen molar-refractivity contribution in [3.05, 3.63) is 108 Å². The standard InChI is InChI=1S/C31H31NO4/c1-35-29-19-26(15-16-28(29)36-21-22-8-3-2-4-9-22)30(32-17-7-12-27(20-32)31(33)34)25-14-13-23-10-5-6-11-24(23)18-25/h2-6,8-11,13-16,18-19,27,30H,7,12,17,20-21H2,1H3,(H,33,34). The van der Waals surface area contributed by atoms with Crippen molar-refractivity contribution < 1.29 is 19.4 Å². The average Bonchev–Trinajstić information content (AvgIpc) is 2.93. The topological polar surface area (TPSA) is 59.0 Å². The summed E-state index contributed by atoms with van der Waals surface area (Å²) < 4.78 is 11.8. The second-order valence-corrected chi connectivity index (χ2v) is 9.37. The van der Waals surface area contributed by atoms with E-state index in [-0.39, 0.29) is 12.0 Å². The molecule has 1 fully saturated rings. The Balaban J connectivity index is 1.50. The number of ether oxygens (including phenoxy) is 2. The Morgan fingerprint density at radius 3 is 2.42 bits per heavy atom. The number of aliphatic carboxylic acids is 1. The van der Waals surface area contributed by atoms with E-state index < -0.39 is 5.97 Å². The van der Waals surface area contributed by atoms with Crippen LogP contribution in [0.15, 0.2) is 91.0 Å². The Morgan fingerprint density at radius 2 is 1.64 bits per heavy atom. The molecule has 4 aromatic rings. The van der Waals surface area contributed by atoms with Crippen LogP contribution < -0.4 is 9.47 Å². The van der Waals surface area contributed by atoms with Crippen LogP contribution in [0.1, 0.15) is 35.6 Å². The normalized spacial score (nSPS) is 17.0. The quantitative estimate of drug-likeness (QED) is 0.319. The van der Waals surface area contributed by atoms with E-state index in [2.05, 4.69) is 41.3 Å². The maximum atomic E-state index is 11.8. The van der Waals surface area contributed by atoms with Crippen LogP contribution in [0.2, 0.25) is 0 Å². The van der Waals surface area contributed by atoms with E-state index in [0.717, 1.165) is 29.7 Å². The lowest BCUT2D eigenvalue weighted by Crippen LogP contribution is -2.41. The van der Waals surface area contributed by atoms with Gasteiger partial charge >= 0.3 is 5.97 Å². The Bertz CT molecular complexity index is 1340. The van der Waals surface area contributed by atoms with E-state index in [9.17, 15) is 9.90 Å². The van der Waals surface area contributed by atoms with E-state index in [4.69, 9.17) is 9.47 Å². The van der Waals surface area contributed by atoms with Crippen molar-refractivity contribution in [2.45, 2.75) is 25.5 Å². The predicted molar refractivity (Wildman–Crippen MR) is 141 cm³/mol. The van der Waals surface area contributed by atoms with Crippen LogP contribution >= 0.6 is 0 Å². The molecule has 1 aliphatic heterocycles. The van der Waals surface area contributed by atoms with Crippen molar-refractivity contribution in [1.29, 1.82) is 0 Å². The lowest BCUT2D eigenvalue weighted by molar-refractivity contribution is -0.143. The molecular formula is C31H31NO4. The predicted octanol–water partition coefficient (Wildman–Crippen LogP) is 6.31. The molecule has 0 radical (unpaired) electrons. The zero-order chi connectivity index (χ0) is 24.9. The number of carboxylic acids is 1. The summed E-state index contributed by atoms with van der Waals surface area (Å²) in [6, 6.07) is 30.9. The SMILES string of the molecule is COc1cc(C(c2ccc3ccccc3c2)N2CCCC(C(=O)O)C2)ccc1OCc1ccccc1. The maximum absolute atomic E-state index is 11.8. The summed E-state index contributed by atoms with van der Waals surface area (Å²) in [5.41, 5.74) is 3.28. The summed E-state index contributed by atoms with van der Waals surface area (Å²) in [5, 5.41) is 12.1. The van der Waals surface area contributed by atoms with Gasteiger partial charge in [0.1, 0.15) is 6.61 Å². The molecule has 5 rings (SSSR count). The van der Waals surface area contributed by atoms with E-state index in [1.54, 1.807) is 7.11 Å². The fourth-order valence-corrected chi connectivity index (χ4v) is 5.14. The lowest BCUT2D eigenvalue weighted by Gasteiger charge is -2.38. The number of hydrogen-bond acceptors (Lipinski definition) is 4. The van der Waals surface area contributed by atoms with Crippen molar-refractivity contribution in [3.63, 3.8) is 0 Å². The van der Waals surface area contributed by atoms with Crippen molar-refractivity contribution in [2.75, 3.05) is 20.2 Å². The fourth-order valence-electron chi connectivity index (χ4n) is 5.14. The van der Waals surface area contributed by atoms with E-state index >= 15 is 0 Å². The van der Waals surface area contributed by atoms with Gasteiger partial charge in [-0.2, -0.15) is 0 Å². The Hall–Kier alpha value is -3.83. The molecule has 1 N–H and O–H groups in total. The molecule has 0 aliphatic carbocycles. The van der Waals surface area contributed by atoms with Gasteiger partial charge < -0.3 is 14.6 Å². The summed E-state index contributed by atoms with van der Waals surface area (Å²) in [5.74, 6) is 0.265. The molecule has 2 atom stereocenters. The van der Waals surface area contributed by atoms with Crippen molar-refractivity contribution in [2.24, 2.45) is 5.92 Å². The first kappa shape index (κ1) is 23.9. The highest BCUT2D eigenvalue weighted by Gasteiger charge is 2.32. The first-order valence-electron chi connectivity index (χ1n) is 12.4. The molecule has 4 aromatic carbocycles. The highest BCUT2D eigenvalue weighted by Crippen LogP contribution is 2.38. The van der Waals surface area contributed by atoms with Crippen molar-refractivity contribution in [3.8, 4) is 11.5 Å². The van der Waals surface area contributed by atoms with Crippen LogP contribution in [0.4, 0.5) is 0 Å². The first-order chi connectivity index (χ1) is 17.6. The van der Waals surface area contributed by atoms with Crippen LogP contribution in [0.3, 0.4) is 0 Å². The molecule has 1 heterocycles. The Kier molecular flexibility index (Phi) is 7.19. The first-order valence-corrected chi connectivity index (χ1v) is 12.4. The van der Waals surface area contributed by atoms with E-state index in [1.165, 1.54) is 10.8 Å². The molecular weight excluding hydrogens is 450 g/mol. The monoisotopic (exact) mass is 481 g/mol. The molecule has 1 saturated heterocycles. The van der Waals surface area contributed by atoms with Gasteiger partial charge in [0.15, 0.2) is 11.5 Å². The van der Waals surface area contributed by atoms with E-state index in [1.807, 2.05) is 54.6 Å². The molecule has 0 bridgehead atoms. The molecule has 0 amide bonds. The molecule has 5 heteroatoms. The Labute approximate surface area is 211 Å². The summed E-state index contributed by atoms with van der Waals surface area (Å²) in [4.78, 5) is 14.1. The number of carboxylic acid groups (broad SMARTS) is 1. The van der Waals surface area contributed by atoms with Crippen LogP contribution in [0.5, 0.6) is 11.5 Å². The minimum Gasteiger partial charge on any atom is -0.493 e. The summed E-state index contributed by atoms with van der Waals surface area (Å²) in [6.45, 7) is 1.81. The van der Waals surface area contributed by atoms with Crippen LogP contribution in [-0.2, 0) is 11.4 Å². The van der Waals surface area contributed by atoms with Crippen LogP contribution in [-0.4, -0.2) is 36.2 Å². The molecule has 36 heavy (non-hydrogen) atoms. The van der Waals surface area contributed by atoms with Gasteiger partial charge in [-0.05, 0) is 65.0 Å². The van der Waals surface area contributed by atoms with Crippen LogP contribution in [0, 0.1) is 5.92 Å². The minimum absolute atomic E-state index is 0.0890. The smallest absolute Gasteiger partial charge is 0.307 e. The second kappa shape index (κ2) is 10.8. The maximum Gasteiger partial charge on any atom is 0.307 e. The number of fused-ring (bicyclic) bond motifs is 1. The second-order valence-electron chi connectivity index (χ2n) is 9.37. The largest absolute Gasteiger partial charge is 0.493 e. The molecule has 1 aliphatic rings. The van der Waals surface area contributed by atoms with Gasteiger partial charge in [0, 0.05) is 6.54 Å². The highest BCUT2D eigenvalue weighted by atomic mass is 16.5. The van der Waals surface area contributed by atoms with Gasteiger partial charge in [-0.15, -0.1) is 0 Å². The number of hydrogen-bond donors (Lipinski definition) is 1. The zero-order valence-electron chi connectivity index (χ0n) is 20.5. The number of nitrogens with zero attached hydrogens (tertiary/aromatic N) is 1. The number of methoxy groups -OCH3 is 1. The van der Waals surface area contributed by atoms with Crippen molar-refractivity contribution >= 4 is 16.7 Å². The fraction of sp³-hybridized carbons (Fsp3) is 0.258. The van der Waals surface area contributed by atoms with Gasteiger partial charge in [0.05, 0.1) is 19.1 Å². The summed E-state index contributed by atoms with van der Waals surface area (Å²) in [6.07, 6.45) is 1.57. The van der Waals surface area contributed by atoms with Crippen LogP contribution in [0.25, 0.3) is 10.8 Å². The Morgan fingerprint density at radius 1 is 0.917 bits per heavy atom. The van der Waals surface area contributed by atoms with Gasteiger partial charge in [-0.25, -0.2) is 0 Å². The zero-order valence-corrected chi connectivity index (χ0v) is 20.5. The molecule has 2 unspecified atom stereocenters. The molecule has 0 spiro atoms. The van der Waals surface area contributed by atoms with Gasteiger partial charge in [0.2, 0.25) is 0 Å². The van der Waals surface area contributed by atoms with Crippen molar-refractivity contribution in [1.82, 2.24) is 4.90 Å². The third kappa shape index (κ3) is 5.21. The molecule has 184 valence electrons. The number of rotatable bonds is 8. The van der Waals surface area contributed by atoms with Gasteiger partial charge in [-0.1, -0.05) is 72.8 Å². The third-order valence-electron chi connectivity index (χ3n) is 7.00. The van der Waals surface area contributed by atoms with E-state index in [0.29, 0.717) is 31.1 Å². The highest BCUT2D eigenvalue weighted by molar-refractivity contribution is 5.83. The summed E-state index contributed by atoms with van der Waals surface area (Å²) in [7, 11) is 1.65. The lowest BCUT2D eigenvalue weighted by atomic mass is 9.90. The average molecular weight is 482 g/mol. The minimum atomic E-state index is -0.723. The number of piperidine rings is 1.